The van der Waals surface area contributed by atoms with Crippen molar-refractivity contribution in [1.29, 1.82) is 0 Å². The Morgan fingerprint density at radius 3 is 2.77 bits per heavy atom. The summed E-state index contributed by atoms with van der Waals surface area (Å²) in [6, 6.07) is 0.708. The first-order valence-corrected chi connectivity index (χ1v) is 5.58. The predicted octanol–water partition coefficient (Wildman–Crippen LogP) is 1.76. The molecule has 1 aliphatic rings. The van der Waals surface area contributed by atoms with Crippen LogP contribution in [0.5, 0.6) is 0 Å². The van der Waals surface area contributed by atoms with Crippen molar-refractivity contribution >= 4 is 0 Å². The molecule has 78 valence electrons. The van der Waals surface area contributed by atoms with Crippen molar-refractivity contribution < 1.29 is 0 Å². The molecular formula is C11H24N2. The molecule has 2 N–H and O–H groups in total. The number of nitrogens with one attached hydrogen (secondary N) is 2. The smallest absolute Gasteiger partial charge is 0.0193 e. The third-order valence-corrected chi connectivity index (χ3v) is 3.12. The second kappa shape index (κ2) is 4.97. The van der Waals surface area contributed by atoms with Crippen LogP contribution < -0.4 is 10.6 Å². The van der Waals surface area contributed by atoms with Gasteiger partial charge in [0.1, 0.15) is 0 Å². The van der Waals surface area contributed by atoms with E-state index in [1.807, 2.05) is 0 Å². The van der Waals surface area contributed by atoms with Crippen LogP contribution in [0, 0.1) is 5.41 Å². The fourth-order valence-corrected chi connectivity index (χ4v) is 1.57. The molecule has 0 spiro atoms. The SMILES string of the molecule is CCC(C)(C)CN[C@@H]1CCCNC1. The van der Waals surface area contributed by atoms with Gasteiger partial charge in [-0.15, -0.1) is 0 Å². The van der Waals surface area contributed by atoms with E-state index in [-0.39, 0.29) is 0 Å². The summed E-state index contributed by atoms with van der Waals surface area (Å²) in [6.07, 6.45) is 3.91. The maximum absolute atomic E-state index is 3.65. The fraction of sp³-hybridized carbons (Fsp3) is 1.00. The van der Waals surface area contributed by atoms with Gasteiger partial charge < -0.3 is 10.6 Å². The summed E-state index contributed by atoms with van der Waals surface area (Å²) in [7, 11) is 0. The summed E-state index contributed by atoms with van der Waals surface area (Å²) >= 11 is 0. The molecule has 0 aromatic carbocycles. The van der Waals surface area contributed by atoms with Crippen LogP contribution in [0.2, 0.25) is 0 Å². The Morgan fingerprint density at radius 2 is 2.23 bits per heavy atom. The Bertz CT molecular complexity index is 137. The zero-order valence-corrected chi connectivity index (χ0v) is 9.32. The molecule has 1 atom stereocenters. The van der Waals surface area contributed by atoms with Gasteiger partial charge in [-0.25, -0.2) is 0 Å². The highest BCUT2D eigenvalue weighted by atomic mass is 15.0. The third-order valence-electron chi connectivity index (χ3n) is 3.12. The molecule has 0 radical (unpaired) electrons. The maximum Gasteiger partial charge on any atom is 0.0193 e. The molecule has 0 aliphatic carbocycles. The van der Waals surface area contributed by atoms with Gasteiger partial charge in [0, 0.05) is 19.1 Å². The molecule has 1 saturated heterocycles. The van der Waals surface area contributed by atoms with Crippen LogP contribution in [-0.2, 0) is 0 Å². The summed E-state index contributed by atoms with van der Waals surface area (Å²) < 4.78 is 0. The molecule has 2 nitrogen and oxygen atoms in total. The van der Waals surface area contributed by atoms with E-state index in [0.29, 0.717) is 11.5 Å². The lowest BCUT2D eigenvalue weighted by Crippen LogP contribution is -2.46. The van der Waals surface area contributed by atoms with Crippen LogP contribution in [0.3, 0.4) is 0 Å². The first-order chi connectivity index (χ1) is 6.14. The van der Waals surface area contributed by atoms with Gasteiger partial charge in [0.05, 0.1) is 0 Å². The van der Waals surface area contributed by atoms with Gasteiger partial charge >= 0.3 is 0 Å². The zero-order valence-electron chi connectivity index (χ0n) is 9.32. The molecule has 0 amide bonds. The first kappa shape index (κ1) is 11.0. The fourth-order valence-electron chi connectivity index (χ4n) is 1.57. The number of hydrogen-bond acceptors (Lipinski definition) is 2. The van der Waals surface area contributed by atoms with E-state index < -0.39 is 0 Å². The van der Waals surface area contributed by atoms with Crippen molar-refractivity contribution in [2.45, 2.75) is 46.1 Å². The normalized spacial score (nSPS) is 24.7. The van der Waals surface area contributed by atoms with Gasteiger partial charge in [0.25, 0.3) is 0 Å². The van der Waals surface area contributed by atoms with E-state index in [9.17, 15) is 0 Å². The molecule has 1 heterocycles. The minimum atomic E-state index is 0.456. The molecular weight excluding hydrogens is 160 g/mol. The number of piperidine rings is 1. The van der Waals surface area contributed by atoms with Gasteiger partial charge in [0.2, 0.25) is 0 Å². The van der Waals surface area contributed by atoms with E-state index >= 15 is 0 Å². The van der Waals surface area contributed by atoms with Crippen molar-refractivity contribution in [3.8, 4) is 0 Å². The first-order valence-electron chi connectivity index (χ1n) is 5.58. The summed E-state index contributed by atoms with van der Waals surface area (Å²) in [5, 5.41) is 7.08. The Hall–Kier alpha value is -0.0800. The Morgan fingerprint density at radius 1 is 1.46 bits per heavy atom. The van der Waals surface area contributed by atoms with Crippen molar-refractivity contribution in [3.63, 3.8) is 0 Å². The Kier molecular flexibility index (Phi) is 4.20. The molecule has 0 saturated carbocycles. The predicted molar refractivity (Wildman–Crippen MR) is 58.0 cm³/mol. The molecule has 0 bridgehead atoms. The monoisotopic (exact) mass is 184 g/mol. The molecule has 0 unspecified atom stereocenters. The summed E-state index contributed by atoms with van der Waals surface area (Å²) in [5.74, 6) is 0. The van der Waals surface area contributed by atoms with Gasteiger partial charge in [-0.05, 0) is 31.2 Å². The summed E-state index contributed by atoms with van der Waals surface area (Å²) in [5.41, 5.74) is 0.456. The van der Waals surface area contributed by atoms with Crippen LogP contribution in [-0.4, -0.2) is 25.7 Å². The van der Waals surface area contributed by atoms with E-state index in [1.165, 1.54) is 25.8 Å². The highest BCUT2D eigenvalue weighted by Gasteiger charge is 2.18. The topological polar surface area (TPSA) is 24.1 Å². The average molecular weight is 184 g/mol. The molecule has 0 aromatic rings. The zero-order chi connectivity index (χ0) is 9.73. The van der Waals surface area contributed by atoms with Crippen LogP contribution in [0.15, 0.2) is 0 Å². The van der Waals surface area contributed by atoms with Gasteiger partial charge in [-0.2, -0.15) is 0 Å². The number of rotatable bonds is 4. The van der Waals surface area contributed by atoms with Gasteiger partial charge in [-0.1, -0.05) is 20.8 Å². The highest BCUT2D eigenvalue weighted by Crippen LogP contribution is 2.18. The Labute approximate surface area is 82.5 Å². The summed E-state index contributed by atoms with van der Waals surface area (Å²) in [6.45, 7) is 10.4. The van der Waals surface area contributed by atoms with Gasteiger partial charge in [-0.3, -0.25) is 0 Å². The van der Waals surface area contributed by atoms with E-state index in [1.54, 1.807) is 0 Å². The number of hydrogen-bond donors (Lipinski definition) is 2. The lowest BCUT2D eigenvalue weighted by atomic mass is 9.90. The largest absolute Gasteiger partial charge is 0.315 e. The second-order valence-corrected chi connectivity index (χ2v) is 4.94. The molecule has 13 heavy (non-hydrogen) atoms. The maximum atomic E-state index is 3.65. The average Bonchev–Trinajstić information content (AvgIpc) is 2.17. The molecule has 1 aliphatic heterocycles. The standard InChI is InChI=1S/C11H24N2/c1-4-11(2,3)9-13-10-6-5-7-12-8-10/h10,12-13H,4-9H2,1-3H3/t10-/m1/s1. The minimum absolute atomic E-state index is 0.456. The lowest BCUT2D eigenvalue weighted by molar-refractivity contribution is 0.287. The third kappa shape index (κ3) is 4.10. The van der Waals surface area contributed by atoms with Crippen LogP contribution >= 0.6 is 0 Å². The summed E-state index contributed by atoms with van der Waals surface area (Å²) in [4.78, 5) is 0. The van der Waals surface area contributed by atoms with Crippen molar-refractivity contribution in [2.75, 3.05) is 19.6 Å². The molecule has 2 heteroatoms. The van der Waals surface area contributed by atoms with E-state index in [2.05, 4.69) is 31.4 Å². The quantitative estimate of drug-likeness (QED) is 0.696. The second-order valence-electron chi connectivity index (χ2n) is 4.94. The highest BCUT2D eigenvalue weighted by molar-refractivity contribution is 4.78. The van der Waals surface area contributed by atoms with Crippen molar-refractivity contribution in [2.24, 2.45) is 5.41 Å². The van der Waals surface area contributed by atoms with Crippen LogP contribution in [0.25, 0.3) is 0 Å². The van der Waals surface area contributed by atoms with Crippen LogP contribution in [0.4, 0.5) is 0 Å². The van der Waals surface area contributed by atoms with Gasteiger partial charge in [0.15, 0.2) is 0 Å². The lowest BCUT2D eigenvalue weighted by Gasteiger charge is -2.29. The molecule has 1 rings (SSSR count). The Balaban J connectivity index is 2.17. The molecule has 1 fully saturated rings. The molecule has 0 aromatic heterocycles. The van der Waals surface area contributed by atoms with Crippen molar-refractivity contribution in [3.05, 3.63) is 0 Å². The van der Waals surface area contributed by atoms with Crippen LogP contribution in [0.1, 0.15) is 40.0 Å². The van der Waals surface area contributed by atoms with E-state index in [0.717, 1.165) is 13.1 Å². The minimum Gasteiger partial charge on any atom is -0.315 e. The van der Waals surface area contributed by atoms with Crippen molar-refractivity contribution in [1.82, 2.24) is 10.6 Å². The van der Waals surface area contributed by atoms with E-state index in [4.69, 9.17) is 0 Å².